The Labute approximate surface area is 164 Å². The molecular weight excluding hydrogens is 384 g/mol. The molecule has 0 aromatic heterocycles. The fourth-order valence-electron chi connectivity index (χ4n) is 2.44. The molecule has 0 spiro atoms. The van der Waals surface area contributed by atoms with Crippen molar-refractivity contribution in [2.75, 3.05) is 21.3 Å². The van der Waals surface area contributed by atoms with Gasteiger partial charge in [0.05, 0.1) is 32.3 Å². The predicted octanol–water partition coefficient (Wildman–Crippen LogP) is 1.70. The Bertz CT molecular complexity index is 913. The molecule has 9 heteroatoms. The zero-order valence-corrected chi connectivity index (χ0v) is 17.0. The Balaban J connectivity index is 1.98. The molecule has 0 saturated heterocycles. The van der Waals surface area contributed by atoms with Gasteiger partial charge in [-0.05, 0) is 48.9 Å². The molecule has 0 bridgehead atoms. The van der Waals surface area contributed by atoms with Gasteiger partial charge in [0.2, 0.25) is 15.9 Å². The normalized spacial score (nSPS) is 12.1. The number of methoxy groups -OCH3 is 3. The smallest absolute Gasteiger partial charge is 0.241 e. The van der Waals surface area contributed by atoms with Crippen molar-refractivity contribution >= 4 is 15.9 Å². The van der Waals surface area contributed by atoms with Crippen molar-refractivity contribution < 1.29 is 27.4 Å². The van der Waals surface area contributed by atoms with Crippen molar-refractivity contribution in [1.82, 2.24) is 10.0 Å². The molecule has 0 fully saturated rings. The van der Waals surface area contributed by atoms with Crippen LogP contribution in [0.25, 0.3) is 0 Å². The second kappa shape index (κ2) is 9.43. The Morgan fingerprint density at radius 2 is 1.61 bits per heavy atom. The highest BCUT2D eigenvalue weighted by Gasteiger charge is 2.22. The first-order valence-electron chi connectivity index (χ1n) is 8.45. The molecule has 2 rings (SSSR count). The first kappa shape index (κ1) is 21.5. The average Bonchev–Trinajstić information content (AvgIpc) is 2.71. The van der Waals surface area contributed by atoms with Crippen LogP contribution >= 0.6 is 0 Å². The fourth-order valence-corrected chi connectivity index (χ4v) is 3.64. The van der Waals surface area contributed by atoms with E-state index in [-0.39, 0.29) is 11.4 Å². The minimum Gasteiger partial charge on any atom is -0.497 e. The number of ether oxygens (including phenoxy) is 3. The highest BCUT2D eigenvalue weighted by Crippen LogP contribution is 2.27. The van der Waals surface area contributed by atoms with Gasteiger partial charge >= 0.3 is 0 Å². The summed E-state index contributed by atoms with van der Waals surface area (Å²) < 4.78 is 42.6. The third kappa shape index (κ3) is 5.37. The van der Waals surface area contributed by atoms with Crippen LogP contribution in [-0.2, 0) is 21.4 Å². The molecule has 152 valence electrons. The van der Waals surface area contributed by atoms with Gasteiger partial charge in [0.25, 0.3) is 0 Å². The maximum atomic E-state index is 12.4. The summed E-state index contributed by atoms with van der Waals surface area (Å²) in [6, 6.07) is 10.2. The minimum absolute atomic E-state index is 0.0489. The van der Waals surface area contributed by atoms with E-state index >= 15 is 0 Å². The van der Waals surface area contributed by atoms with E-state index in [1.165, 1.54) is 52.5 Å². The third-order valence-electron chi connectivity index (χ3n) is 4.01. The second-order valence-corrected chi connectivity index (χ2v) is 7.64. The molecule has 0 aliphatic rings. The lowest BCUT2D eigenvalue weighted by Gasteiger charge is -2.15. The molecule has 1 amide bonds. The highest BCUT2D eigenvalue weighted by molar-refractivity contribution is 7.89. The van der Waals surface area contributed by atoms with Crippen molar-refractivity contribution in [3.63, 3.8) is 0 Å². The van der Waals surface area contributed by atoms with E-state index < -0.39 is 22.0 Å². The summed E-state index contributed by atoms with van der Waals surface area (Å²) in [5.74, 6) is 1.22. The van der Waals surface area contributed by atoms with Crippen LogP contribution in [-0.4, -0.2) is 41.7 Å². The van der Waals surface area contributed by atoms with Gasteiger partial charge in [-0.3, -0.25) is 4.79 Å². The number of carbonyl (C=O) groups is 1. The van der Waals surface area contributed by atoms with Gasteiger partial charge in [-0.1, -0.05) is 6.07 Å². The number of benzene rings is 2. The number of hydrogen-bond donors (Lipinski definition) is 2. The molecule has 2 N–H and O–H groups in total. The maximum Gasteiger partial charge on any atom is 0.241 e. The van der Waals surface area contributed by atoms with Crippen LogP contribution in [0.5, 0.6) is 17.2 Å². The molecule has 1 atom stereocenters. The molecule has 0 aliphatic heterocycles. The second-order valence-electron chi connectivity index (χ2n) is 5.93. The number of carbonyl (C=O) groups excluding carboxylic acids is 1. The molecule has 0 radical (unpaired) electrons. The number of nitrogens with one attached hydrogen (secondary N) is 2. The summed E-state index contributed by atoms with van der Waals surface area (Å²) in [6.45, 7) is 1.69. The Kier molecular flexibility index (Phi) is 7.24. The van der Waals surface area contributed by atoms with E-state index in [0.29, 0.717) is 17.2 Å². The summed E-state index contributed by atoms with van der Waals surface area (Å²) >= 11 is 0. The zero-order chi connectivity index (χ0) is 20.7. The predicted molar refractivity (Wildman–Crippen MR) is 104 cm³/mol. The molecule has 0 aliphatic carbocycles. The summed E-state index contributed by atoms with van der Waals surface area (Å²) in [7, 11) is 0.719. The summed E-state index contributed by atoms with van der Waals surface area (Å²) in [5.41, 5.74) is 0.788. The largest absolute Gasteiger partial charge is 0.497 e. The first-order valence-corrected chi connectivity index (χ1v) is 9.94. The van der Waals surface area contributed by atoms with E-state index in [2.05, 4.69) is 10.0 Å². The van der Waals surface area contributed by atoms with Gasteiger partial charge in [-0.15, -0.1) is 0 Å². The van der Waals surface area contributed by atoms with Crippen LogP contribution in [0.3, 0.4) is 0 Å². The summed E-state index contributed by atoms with van der Waals surface area (Å²) in [5, 5.41) is 2.70. The Morgan fingerprint density at radius 1 is 0.964 bits per heavy atom. The summed E-state index contributed by atoms with van der Waals surface area (Å²) in [4.78, 5) is 12.3. The van der Waals surface area contributed by atoms with Crippen LogP contribution < -0.4 is 24.2 Å². The zero-order valence-electron chi connectivity index (χ0n) is 16.2. The fraction of sp³-hybridized carbons (Fsp3) is 0.316. The van der Waals surface area contributed by atoms with Crippen LogP contribution in [0.4, 0.5) is 0 Å². The quantitative estimate of drug-likeness (QED) is 0.655. The van der Waals surface area contributed by atoms with E-state index in [4.69, 9.17) is 14.2 Å². The molecule has 0 saturated carbocycles. The highest BCUT2D eigenvalue weighted by atomic mass is 32.2. The van der Waals surface area contributed by atoms with Crippen LogP contribution in [0.1, 0.15) is 12.5 Å². The third-order valence-corrected chi connectivity index (χ3v) is 5.57. The van der Waals surface area contributed by atoms with Crippen molar-refractivity contribution in [3.8, 4) is 17.2 Å². The van der Waals surface area contributed by atoms with Crippen LogP contribution in [0, 0.1) is 0 Å². The van der Waals surface area contributed by atoms with E-state index in [1.807, 2.05) is 0 Å². The van der Waals surface area contributed by atoms with Crippen molar-refractivity contribution in [2.24, 2.45) is 0 Å². The standard InChI is InChI=1S/C19H24N2O6S/c1-13(21-28(23,24)16-8-6-15(25-2)7-9-16)19(22)20-12-14-5-10-17(26-3)18(11-14)27-4/h5-11,13,21H,12H2,1-4H3,(H,20,22). The lowest BCUT2D eigenvalue weighted by atomic mass is 10.2. The molecular formula is C19H24N2O6S. The number of hydrogen-bond acceptors (Lipinski definition) is 6. The summed E-state index contributed by atoms with van der Waals surface area (Å²) in [6.07, 6.45) is 0. The molecule has 1 unspecified atom stereocenters. The molecule has 0 heterocycles. The average molecular weight is 408 g/mol. The molecule has 28 heavy (non-hydrogen) atoms. The van der Waals surface area contributed by atoms with Gasteiger partial charge in [0, 0.05) is 6.54 Å². The van der Waals surface area contributed by atoms with Gasteiger partial charge in [0.1, 0.15) is 5.75 Å². The van der Waals surface area contributed by atoms with Gasteiger partial charge < -0.3 is 19.5 Å². The first-order chi connectivity index (χ1) is 13.3. The number of amides is 1. The molecule has 8 nitrogen and oxygen atoms in total. The SMILES string of the molecule is COc1ccc(S(=O)(=O)NC(C)C(=O)NCc2ccc(OC)c(OC)c2)cc1. The lowest BCUT2D eigenvalue weighted by molar-refractivity contribution is -0.122. The van der Waals surface area contributed by atoms with E-state index in [1.54, 1.807) is 18.2 Å². The van der Waals surface area contributed by atoms with Crippen molar-refractivity contribution in [1.29, 1.82) is 0 Å². The number of rotatable bonds is 9. The minimum atomic E-state index is -3.84. The van der Waals surface area contributed by atoms with Crippen LogP contribution in [0.15, 0.2) is 47.4 Å². The van der Waals surface area contributed by atoms with Gasteiger partial charge in [0.15, 0.2) is 11.5 Å². The van der Waals surface area contributed by atoms with Crippen molar-refractivity contribution in [3.05, 3.63) is 48.0 Å². The number of sulfonamides is 1. The Hall–Kier alpha value is -2.78. The molecule has 2 aromatic carbocycles. The topological polar surface area (TPSA) is 103 Å². The van der Waals surface area contributed by atoms with E-state index in [9.17, 15) is 13.2 Å². The molecule has 2 aromatic rings. The van der Waals surface area contributed by atoms with Crippen molar-refractivity contribution in [2.45, 2.75) is 24.4 Å². The van der Waals surface area contributed by atoms with Gasteiger partial charge in [-0.25, -0.2) is 8.42 Å². The van der Waals surface area contributed by atoms with Gasteiger partial charge in [-0.2, -0.15) is 4.72 Å². The monoisotopic (exact) mass is 408 g/mol. The Morgan fingerprint density at radius 3 is 2.18 bits per heavy atom. The van der Waals surface area contributed by atoms with E-state index in [0.717, 1.165) is 5.56 Å². The lowest BCUT2D eigenvalue weighted by Crippen LogP contribution is -2.44. The van der Waals surface area contributed by atoms with Crippen LogP contribution in [0.2, 0.25) is 0 Å². The maximum absolute atomic E-state index is 12.4.